The highest BCUT2D eigenvalue weighted by atomic mass is 16.2. The molecule has 0 aliphatic heterocycles. The van der Waals surface area contributed by atoms with E-state index in [-0.39, 0.29) is 11.9 Å². The molecule has 6 nitrogen and oxygen atoms in total. The quantitative estimate of drug-likeness (QED) is 0.475. The molecular weight excluding hydrogens is 318 g/mol. The highest BCUT2D eigenvalue weighted by Crippen LogP contribution is 2.21. The van der Waals surface area contributed by atoms with Gasteiger partial charge in [-0.05, 0) is 31.4 Å². The van der Waals surface area contributed by atoms with Crippen molar-refractivity contribution in [1.82, 2.24) is 10.6 Å². The van der Waals surface area contributed by atoms with Gasteiger partial charge in [0.25, 0.3) is 5.91 Å². The van der Waals surface area contributed by atoms with Crippen LogP contribution in [0.2, 0.25) is 0 Å². The first-order valence-electron chi connectivity index (χ1n) is 9.11. The van der Waals surface area contributed by atoms with Gasteiger partial charge in [-0.3, -0.25) is 14.4 Å². The zero-order chi connectivity index (χ0) is 18.1. The van der Waals surface area contributed by atoms with Gasteiger partial charge in [0.05, 0.1) is 11.3 Å². The Morgan fingerprint density at radius 3 is 2.44 bits per heavy atom. The Kier molecular flexibility index (Phi) is 7.44. The lowest BCUT2D eigenvalue weighted by atomic mass is 10.1. The lowest BCUT2D eigenvalue weighted by Gasteiger charge is -2.11. The summed E-state index contributed by atoms with van der Waals surface area (Å²) in [7, 11) is 0. The summed E-state index contributed by atoms with van der Waals surface area (Å²) in [5, 5.41) is 8.03. The van der Waals surface area contributed by atoms with Crippen molar-refractivity contribution in [2.24, 2.45) is 0 Å². The second kappa shape index (κ2) is 9.81. The van der Waals surface area contributed by atoms with Gasteiger partial charge in [-0.1, -0.05) is 44.7 Å². The SMILES string of the molecule is CCCCCCCNC(=O)C(=O)Nc1ccccc1C(=O)NC1CC1. The van der Waals surface area contributed by atoms with Crippen molar-refractivity contribution in [3.8, 4) is 0 Å². The van der Waals surface area contributed by atoms with Crippen LogP contribution in [0.5, 0.6) is 0 Å². The first kappa shape index (κ1) is 19.0. The molecule has 1 aliphatic rings. The fourth-order valence-corrected chi connectivity index (χ4v) is 2.47. The highest BCUT2D eigenvalue weighted by Gasteiger charge is 2.25. The average Bonchev–Trinajstić information content (AvgIpc) is 3.42. The van der Waals surface area contributed by atoms with Crippen LogP contribution >= 0.6 is 0 Å². The highest BCUT2D eigenvalue weighted by molar-refractivity contribution is 6.40. The van der Waals surface area contributed by atoms with Crippen LogP contribution in [0.25, 0.3) is 0 Å². The fraction of sp³-hybridized carbons (Fsp3) is 0.526. The summed E-state index contributed by atoms with van der Waals surface area (Å²) >= 11 is 0. The van der Waals surface area contributed by atoms with E-state index in [1.165, 1.54) is 12.8 Å². The maximum Gasteiger partial charge on any atom is 0.313 e. The predicted molar refractivity (Wildman–Crippen MR) is 97.3 cm³/mol. The van der Waals surface area contributed by atoms with Gasteiger partial charge in [-0.2, -0.15) is 0 Å². The summed E-state index contributed by atoms with van der Waals surface area (Å²) in [6.45, 7) is 2.63. The second-order valence-electron chi connectivity index (χ2n) is 6.42. The Labute approximate surface area is 148 Å². The van der Waals surface area contributed by atoms with Crippen LogP contribution in [0.1, 0.15) is 62.2 Å². The summed E-state index contributed by atoms with van der Waals surface area (Å²) in [5.74, 6) is -1.65. The summed E-state index contributed by atoms with van der Waals surface area (Å²) < 4.78 is 0. The van der Waals surface area contributed by atoms with Gasteiger partial charge in [0.1, 0.15) is 0 Å². The largest absolute Gasteiger partial charge is 0.349 e. The molecule has 1 aromatic rings. The second-order valence-corrected chi connectivity index (χ2v) is 6.42. The van der Waals surface area contributed by atoms with Crippen molar-refractivity contribution in [3.05, 3.63) is 29.8 Å². The molecule has 0 heterocycles. The number of carbonyl (C=O) groups excluding carboxylic acids is 3. The van der Waals surface area contributed by atoms with Gasteiger partial charge in [0.2, 0.25) is 0 Å². The molecule has 0 atom stereocenters. The normalized spacial score (nSPS) is 13.2. The summed E-state index contributed by atoms with van der Waals surface area (Å²) in [6, 6.07) is 6.94. The smallest absolute Gasteiger partial charge is 0.313 e. The summed E-state index contributed by atoms with van der Waals surface area (Å²) in [4.78, 5) is 36.1. The number of anilines is 1. The molecule has 0 spiro atoms. The third-order valence-electron chi connectivity index (χ3n) is 4.10. The van der Waals surface area contributed by atoms with Gasteiger partial charge in [0, 0.05) is 12.6 Å². The number of para-hydroxylation sites is 1. The molecule has 0 saturated heterocycles. The molecule has 1 aliphatic carbocycles. The zero-order valence-corrected chi connectivity index (χ0v) is 14.8. The molecule has 0 aromatic heterocycles. The fourth-order valence-electron chi connectivity index (χ4n) is 2.47. The van der Waals surface area contributed by atoms with Crippen LogP contribution in [0.15, 0.2) is 24.3 Å². The molecule has 6 heteroatoms. The first-order chi connectivity index (χ1) is 12.1. The first-order valence-corrected chi connectivity index (χ1v) is 9.11. The number of nitrogens with one attached hydrogen (secondary N) is 3. The maximum absolute atomic E-state index is 12.2. The van der Waals surface area contributed by atoms with E-state index in [0.717, 1.165) is 32.1 Å². The Hall–Kier alpha value is -2.37. The average molecular weight is 345 g/mol. The molecule has 2 rings (SSSR count). The number of hydrogen-bond donors (Lipinski definition) is 3. The molecule has 0 radical (unpaired) electrons. The Morgan fingerprint density at radius 1 is 1.00 bits per heavy atom. The van der Waals surface area contributed by atoms with Gasteiger partial charge < -0.3 is 16.0 Å². The van der Waals surface area contributed by atoms with E-state index in [4.69, 9.17) is 0 Å². The lowest BCUT2D eigenvalue weighted by molar-refractivity contribution is -0.136. The standard InChI is InChI=1S/C19H27N3O3/c1-2-3-4-5-8-13-20-18(24)19(25)22-16-10-7-6-9-15(16)17(23)21-14-11-12-14/h6-7,9-10,14H,2-5,8,11-13H2,1H3,(H,20,24)(H,21,23)(H,22,25). The van der Waals surface area contributed by atoms with Crippen molar-refractivity contribution in [2.75, 3.05) is 11.9 Å². The minimum atomic E-state index is -0.750. The molecule has 0 unspecified atom stereocenters. The summed E-state index contributed by atoms with van der Waals surface area (Å²) in [6.07, 6.45) is 7.37. The molecule has 3 N–H and O–H groups in total. The maximum atomic E-state index is 12.2. The number of rotatable bonds is 9. The van der Waals surface area contributed by atoms with Crippen LogP contribution in [-0.2, 0) is 9.59 Å². The van der Waals surface area contributed by atoms with E-state index in [9.17, 15) is 14.4 Å². The Morgan fingerprint density at radius 2 is 1.72 bits per heavy atom. The monoisotopic (exact) mass is 345 g/mol. The zero-order valence-electron chi connectivity index (χ0n) is 14.8. The van der Waals surface area contributed by atoms with Crippen LogP contribution in [0, 0.1) is 0 Å². The van der Waals surface area contributed by atoms with Crippen molar-refractivity contribution < 1.29 is 14.4 Å². The van der Waals surface area contributed by atoms with Crippen LogP contribution in [0.4, 0.5) is 5.69 Å². The van der Waals surface area contributed by atoms with Crippen molar-refractivity contribution >= 4 is 23.4 Å². The molecular formula is C19H27N3O3. The Bertz CT molecular complexity index is 612. The van der Waals surface area contributed by atoms with E-state index in [0.29, 0.717) is 17.8 Å². The molecule has 25 heavy (non-hydrogen) atoms. The van der Waals surface area contributed by atoms with Crippen LogP contribution in [-0.4, -0.2) is 30.3 Å². The number of amides is 3. The van der Waals surface area contributed by atoms with E-state index in [1.807, 2.05) is 0 Å². The topological polar surface area (TPSA) is 87.3 Å². The van der Waals surface area contributed by atoms with Gasteiger partial charge in [0.15, 0.2) is 0 Å². The van der Waals surface area contributed by atoms with E-state index in [2.05, 4.69) is 22.9 Å². The third kappa shape index (κ3) is 6.57. The molecule has 3 amide bonds. The summed E-state index contributed by atoms with van der Waals surface area (Å²) in [5.41, 5.74) is 0.721. The number of hydrogen-bond acceptors (Lipinski definition) is 3. The van der Waals surface area contributed by atoms with Crippen molar-refractivity contribution in [3.63, 3.8) is 0 Å². The molecule has 0 bridgehead atoms. The van der Waals surface area contributed by atoms with Crippen LogP contribution < -0.4 is 16.0 Å². The molecule has 1 aromatic carbocycles. The molecule has 1 saturated carbocycles. The molecule has 136 valence electrons. The van der Waals surface area contributed by atoms with E-state index in [1.54, 1.807) is 24.3 Å². The van der Waals surface area contributed by atoms with E-state index >= 15 is 0 Å². The van der Waals surface area contributed by atoms with Crippen molar-refractivity contribution in [1.29, 1.82) is 0 Å². The number of carbonyl (C=O) groups is 3. The number of unbranched alkanes of at least 4 members (excludes halogenated alkanes) is 4. The molecule has 1 fully saturated rings. The van der Waals surface area contributed by atoms with Crippen molar-refractivity contribution in [2.45, 2.75) is 57.9 Å². The van der Waals surface area contributed by atoms with E-state index < -0.39 is 11.8 Å². The van der Waals surface area contributed by atoms with Gasteiger partial charge in [-0.25, -0.2) is 0 Å². The minimum absolute atomic E-state index is 0.227. The van der Waals surface area contributed by atoms with Crippen LogP contribution in [0.3, 0.4) is 0 Å². The lowest BCUT2D eigenvalue weighted by Crippen LogP contribution is -2.36. The Balaban J connectivity index is 1.81. The third-order valence-corrected chi connectivity index (χ3v) is 4.10. The number of benzene rings is 1. The predicted octanol–water partition coefficient (Wildman–Crippen LogP) is 2.60. The van der Waals surface area contributed by atoms with Gasteiger partial charge >= 0.3 is 11.8 Å². The van der Waals surface area contributed by atoms with Gasteiger partial charge in [-0.15, -0.1) is 0 Å². The minimum Gasteiger partial charge on any atom is -0.349 e.